The first-order chi connectivity index (χ1) is 12.9. The van der Waals surface area contributed by atoms with Crippen LogP contribution in [0, 0.1) is 0 Å². The summed E-state index contributed by atoms with van der Waals surface area (Å²) in [5, 5.41) is 8.13. The normalized spacial score (nSPS) is 17.6. The molecule has 2 aromatic rings. The second kappa shape index (κ2) is 8.08. The molecule has 1 saturated heterocycles. The summed E-state index contributed by atoms with van der Waals surface area (Å²) < 4.78 is 28.3. The van der Waals surface area contributed by atoms with Gasteiger partial charge >= 0.3 is 0 Å². The lowest BCUT2D eigenvalue weighted by Gasteiger charge is -2.17. The van der Waals surface area contributed by atoms with Crippen molar-refractivity contribution < 1.29 is 17.9 Å². The second-order valence-electron chi connectivity index (χ2n) is 6.59. The topological polar surface area (TPSA) is 102 Å². The van der Waals surface area contributed by atoms with E-state index in [1.165, 1.54) is 30.9 Å². The lowest BCUT2D eigenvalue weighted by molar-refractivity contribution is 0.0934. The minimum Gasteiger partial charge on any atom is -0.496 e. The van der Waals surface area contributed by atoms with E-state index in [-0.39, 0.29) is 22.4 Å². The van der Waals surface area contributed by atoms with E-state index < -0.39 is 10.0 Å². The van der Waals surface area contributed by atoms with Crippen molar-refractivity contribution in [3.05, 3.63) is 59.7 Å². The maximum atomic E-state index is 12.7. The Hall–Kier alpha value is -2.42. The summed E-state index contributed by atoms with van der Waals surface area (Å²) in [6.45, 7) is 2.45. The maximum Gasteiger partial charge on any atom is 0.255 e. The predicted molar refractivity (Wildman–Crippen MR) is 102 cm³/mol. The van der Waals surface area contributed by atoms with E-state index in [1.807, 2.05) is 18.2 Å². The monoisotopic (exact) mass is 389 g/mol. The van der Waals surface area contributed by atoms with Gasteiger partial charge < -0.3 is 10.1 Å². The Bertz CT molecular complexity index is 916. The number of sulfonamides is 1. The molecule has 0 saturated carbocycles. The number of hydrogen-bond donors (Lipinski definition) is 2. The molecule has 1 aliphatic rings. The summed E-state index contributed by atoms with van der Waals surface area (Å²) in [6.07, 6.45) is 0.829. The average molecular weight is 389 g/mol. The van der Waals surface area contributed by atoms with Crippen LogP contribution in [0.1, 0.15) is 22.3 Å². The van der Waals surface area contributed by atoms with Gasteiger partial charge in [-0.3, -0.25) is 9.69 Å². The largest absolute Gasteiger partial charge is 0.496 e. The van der Waals surface area contributed by atoms with Crippen LogP contribution in [0.25, 0.3) is 0 Å². The van der Waals surface area contributed by atoms with Crippen LogP contribution < -0.4 is 15.2 Å². The highest BCUT2D eigenvalue weighted by Gasteiger charge is 2.26. The molecule has 1 heterocycles. The first-order valence-corrected chi connectivity index (χ1v) is 10.2. The smallest absolute Gasteiger partial charge is 0.255 e. The van der Waals surface area contributed by atoms with Crippen LogP contribution in [0.15, 0.2) is 53.4 Å². The third kappa shape index (κ3) is 4.85. The van der Waals surface area contributed by atoms with Crippen molar-refractivity contribution in [2.75, 3.05) is 20.2 Å². The van der Waals surface area contributed by atoms with Gasteiger partial charge in [-0.1, -0.05) is 30.3 Å². The van der Waals surface area contributed by atoms with E-state index in [9.17, 15) is 13.2 Å². The third-order valence-electron chi connectivity index (χ3n) is 4.60. The van der Waals surface area contributed by atoms with Crippen molar-refractivity contribution in [1.82, 2.24) is 10.2 Å². The zero-order valence-corrected chi connectivity index (χ0v) is 15.9. The van der Waals surface area contributed by atoms with Crippen molar-refractivity contribution in [3.8, 4) is 5.75 Å². The molecule has 3 N–H and O–H groups in total. The molecule has 1 amide bonds. The number of nitrogens with one attached hydrogen (secondary N) is 1. The highest BCUT2D eigenvalue weighted by atomic mass is 32.2. The van der Waals surface area contributed by atoms with E-state index in [0.717, 1.165) is 26.1 Å². The van der Waals surface area contributed by atoms with Gasteiger partial charge in [0.15, 0.2) is 0 Å². The molecule has 8 heteroatoms. The van der Waals surface area contributed by atoms with E-state index >= 15 is 0 Å². The van der Waals surface area contributed by atoms with Gasteiger partial charge in [-0.05, 0) is 30.2 Å². The standard InChI is InChI=1S/C19H23N3O4S/c1-26-18-8-7-16(27(20,24)25)11-17(18)19(23)21-15-9-10-22(13-15)12-14-5-3-2-4-6-14/h2-8,11,15H,9-10,12-13H2,1H3,(H,21,23)(H2,20,24,25)/t15-/m1/s1. The Morgan fingerprint density at radius 3 is 2.67 bits per heavy atom. The molecular weight excluding hydrogens is 366 g/mol. The van der Waals surface area contributed by atoms with Crippen LogP contribution in [0.5, 0.6) is 5.75 Å². The number of rotatable bonds is 6. The molecule has 0 unspecified atom stereocenters. The minimum absolute atomic E-state index is 0.0101. The minimum atomic E-state index is -3.90. The summed E-state index contributed by atoms with van der Waals surface area (Å²) in [4.78, 5) is 14.8. The summed E-state index contributed by atoms with van der Waals surface area (Å²) in [5.74, 6) is -0.0667. The number of nitrogens with zero attached hydrogens (tertiary/aromatic N) is 1. The molecule has 0 aromatic heterocycles. The first kappa shape index (κ1) is 19.3. The fraction of sp³-hybridized carbons (Fsp3) is 0.316. The number of ether oxygens (including phenoxy) is 1. The number of nitrogens with two attached hydrogens (primary N) is 1. The van der Waals surface area contributed by atoms with Crippen LogP contribution in [0.2, 0.25) is 0 Å². The molecular formula is C19H23N3O4S. The van der Waals surface area contributed by atoms with E-state index in [1.54, 1.807) is 0 Å². The van der Waals surface area contributed by atoms with Crippen molar-refractivity contribution in [3.63, 3.8) is 0 Å². The van der Waals surface area contributed by atoms with Gasteiger partial charge in [0.25, 0.3) is 5.91 Å². The highest BCUT2D eigenvalue weighted by Crippen LogP contribution is 2.23. The molecule has 3 rings (SSSR count). The first-order valence-electron chi connectivity index (χ1n) is 8.65. The fourth-order valence-corrected chi connectivity index (χ4v) is 3.78. The summed E-state index contributed by atoms with van der Waals surface area (Å²) in [7, 11) is -2.47. The molecule has 2 aromatic carbocycles. The molecule has 27 heavy (non-hydrogen) atoms. The average Bonchev–Trinajstić information content (AvgIpc) is 3.08. The van der Waals surface area contributed by atoms with Gasteiger partial charge in [0, 0.05) is 25.7 Å². The van der Waals surface area contributed by atoms with E-state index in [4.69, 9.17) is 9.88 Å². The number of primary sulfonamides is 1. The van der Waals surface area contributed by atoms with Crippen LogP contribution in [0.4, 0.5) is 0 Å². The van der Waals surface area contributed by atoms with Crippen molar-refractivity contribution >= 4 is 15.9 Å². The molecule has 0 bridgehead atoms. The number of carbonyl (C=O) groups is 1. The van der Waals surface area contributed by atoms with Crippen LogP contribution in [-0.4, -0.2) is 45.5 Å². The third-order valence-corrected chi connectivity index (χ3v) is 5.51. The lowest BCUT2D eigenvalue weighted by atomic mass is 10.1. The maximum absolute atomic E-state index is 12.7. The number of benzene rings is 2. The molecule has 7 nitrogen and oxygen atoms in total. The number of likely N-dealkylation sites (tertiary alicyclic amines) is 1. The van der Waals surface area contributed by atoms with Gasteiger partial charge in [0.2, 0.25) is 10.0 Å². The van der Waals surface area contributed by atoms with Crippen LogP contribution in [0.3, 0.4) is 0 Å². The Morgan fingerprint density at radius 1 is 1.26 bits per heavy atom. The zero-order valence-electron chi connectivity index (χ0n) is 15.1. The Balaban J connectivity index is 1.67. The lowest BCUT2D eigenvalue weighted by Crippen LogP contribution is -2.37. The Morgan fingerprint density at radius 2 is 2.00 bits per heavy atom. The number of carbonyl (C=O) groups excluding carboxylic acids is 1. The SMILES string of the molecule is COc1ccc(S(N)(=O)=O)cc1C(=O)N[C@@H]1CCN(Cc2ccccc2)C1. The van der Waals surface area contributed by atoms with Crippen molar-refractivity contribution in [1.29, 1.82) is 0 Å². The molecule has 144 valence electrons. The van der Waals surface area contributed by atoms with Gasteiger partial charge in [-0.25, -0.2) is 13.6 Å². The summed E-state index contributed by atoms with van der Waals surface area (Å²) in [5.41, 5.74) is 1.39. The van der Waals surface area contributed by atoms with Gasteiger partial charge in [-0.2, -0.15) is 0 Å². The zero-order chi connectivity index (χ0) is 19.4. The molecule has 1 atom stereocenters. The highest BCUT2D eigenvalue weighted by molar-refractivity contribution is 7.89. The Kier molecular flexibility index (Phi) is 5.79. The Labute approximate surface area is 159 Å². The summed E-state index contributed by atoms with van der Waals surface area (Å²) >= 11 is 0. The fourth-order valence-electron chi connectivity index (χ4n) is 3.24. The number of amides is 1. The van der Waals surface area contributed by atoms with E-state index in [2.05, 4.69) is 22.3 Å². The van der Waals surface area contributed by atoms with Crippen LogP contribution in [-0.2, 0) is 16.6 Å². The second-order valence-corrected chi connectivity index (χ2v) is 8.15. The molecule has 0 radical (unpaired) electrons. The number of methoxy groups -OCH3 is 1. The number of hydrogen-bond acceptors (Lipinski definition) is 5. The molecule has 0 spiro atoms. The van der Waals surface area contributed by atoms with Crippen LogP contribution >= 0.6 is 0 Å². The van der Waals surface area contributed by atoms with Gasteiger partial charge in [0.1, 0.15) is 5.75 Å². The molecule has 1 fully saturated rings. The van der Waals surface area contributed by atoms with Gasteiger partial charge in [-0.15, -0.1) is 0 Å². The summed E-state index contributed by atoms with van der Waals surface area (Å²) in [6, 6.07) is 14.2. The molecule has 0 aliphatic carbocycles. The quantitative estimate of drug-likeness (QED) is 0.776. The van der Waals surface area contributed by atoms with Crippen molar-refractivity contribution in [2.24, 2.45) is 5.14 Å². The van der Waals surface area contributed by atoms with E-state index in [0.29, 0.717) is 5.75 Å². The van der Waals surface area contributed by atoms with Gasteiger partial charge in [0.05, 0.1) is 17.6 Å². The molecule has 1 aliphatic heterocycles. The predicted octanol–water partition coefficient (Wildman–Crippen LogP) is 1.35. The van der Waals surface area contributed by atoms with Crippen molar-refractivity contribution in [2.45, 2.75) is 23.9 Å².